The smallest absolute Gasteiger partial charge is 0.134 e. The third kappa shape index (κ3) is 2.60. The normalized spacial score (nSPS) is 12.3. The predicted octanol–water partition coefficient (Wildman–Crippen LogP) is 2.43. The van der Waals surface area contributed by atoms with Crippen LogP contribution < -0.4 is 5.32 Å². The monoisotopic (exact) mass is 203 g/mol. The molecule has 15 heavy (non-hydrogen) atoms. The van der Waals surface area contributed by atoms with Crippen LogP contribution in [0.15, 0.2) is 53.1 Å². The van der Waals surface area contributed by atoms with Crippen molar-refractivity contribution in [3.05, 3.63) is 54.5 Å². The molecule has 0 aliphatic heterocycles. The van der Waals surface area contributed by atoms with E-state index in [9.17, 15) is 5.11 Å². The second-order valence-electron chi connectivity index (χ2n) is 3.28. The number of furan rings is 1. The van der Waals surface area contributed by atoms with E-state index in [2.05, 4.69) is 5.32 Å². The SMILES string of the molecule is OC(CNc1ccccc1)c1ccco1. The molecule has 3 nitrogen and oxygen atoms in total. The quantitative estimate of drug-likeness (QED) is 0.802. The molecule has 0 spiro atoms. The largest absolute Gasteiger partial charge is 0.467 e. The molecule has 0 amide bonds. The number of para-hydroxylation sites is 1. The van der Waals surface area contributed by atoms with E-state index in [1.807, 2.05) is 30.3 Å². The van der Waals surface area contributed by atoms with Crippen molar-refractivity contribution in [3.8, 4) is 0 Å². The van der Waals surface area contributed by atoms with Crippen molar-refractivity contribution in [2.75, 3.05) is 11.9 Å². The zero-order chi connectivity index (χ0) is 10.5. The third-order valence-corrected chi connectivity index (χ3v) is 2.14. The number of nitrogens with one attached hydrogen (secondary N) is 1. The fourth-order valence-corrected chi connectivity index (χ4v) is 1.35. The van der Waals surface area contributed by atoms with Crippen LogP contribution >= 0.6 is 0 Å². The summed E-state index contributed by atoms with van der Waals surface area (Å²) < 4.78 is 5.09. The Morgan fingerprint density at radius 3 is 2.60 bits per heavy atom. The average Bonchev–Trinajstić information content (AvgIpc) is 2.81. The van der Waals surface area contributed by atoms with Crippen LogP contribution in [0.4, 0.5) is 5.69 Å². The fraction of sp³-hybridized carbons (Fsp3) is 0.167. The molecule has 0 saturated heterocycles. The topological polar surface area (TPSA) is 45.4 Å². The summed E-state index contributed by atoms with van der Waals surface area (Å²) in [4.78, 5) is 0. The first-order chi connectivity index (χ1) is 7.36. The molecule has 2 aromatic rings. The van der Waals surface area contributed by atoms with Gasteiger partial charge in [0.05, 0.1) is 6.26 Å². The van der Waals surface area contributed by atoms with Gasteiger partial charge in [-0.25, -0.2) is 0 Å². The molecule has 0 radical (unpaired) electrons. The summed E-state index contributed by atoms with van der Waals surface area (Å²) in [6.07, 6.45) is 0.946. The van der Waals surface area contributed by atoms with Crippen LogP contribution in [0, 0.1) is 0 Å². The number of benzene rings is 1. The van der Waals surface area contributed by atoms with Crippen molar-refractivity contribution >= 4 is 5.69 Å². The highest BCUT2D eigenvalue weighted by molar-refractivity contribution is 5.42. The van der Waals surface area contributed by atoms with Crippen molar-refractivity contribution < 1.29 is 9.52 Å². The van der Waals surface area contributed by atoms with Gasteiger partial charge in [0.25, 0.3) is 0 Å². The van der Waals surface area contributed by atoms with Crippen LogP contribution in [-0.2, 0) is 0 Å². The Hall–Kier alpha value is -1.74. The molecule has 2 rings (SSSR count). The summed E-state index contributed by atoms with van der Waals surface area (Å²) in [5.41, 5.74) is 0.989. The van der Waals surface area contributed by atoms with Gasteiger partial charge in [0.15, 0.2) is 0 Å². The molecular formula is C12H13NO2. The number of rotatable bonds is 4. The van der Waals surface area contributed by atoms with E-state index >= 15 is 0 Å². The summed E-state index contributed by atoms with van der Waals surface area (Å²) in [5, 5.41) is 12.8. The molecule has 2 N–H and O–H groups in total. The molecule has 0 aliphatic rings. The van der Waals surface area contributed by atoms with Crippen molar-refractivity contribution in [3.63, 3.8) is 0 Å². The second-order valence-corrected chi connectivity index (χ2v) is 3.28. The molecule has 0 bridgehead atoms. The minimum absolute atomic E-state index is 0.442. The van der Waals surface area contributed by atoms with Gasteiger partial charge in [-0.2, -0.15) is 0 Å². The van der Waals surface area contributed by atoms with Crippen LogP contribution in [0.2, 0.25) is 0 Å². The number of anilines is 1. The van der Waals surface area contributed by atoms with E-state index in [0.29, 0.717) is 12.3 Å². The summed E-state index contributed by atoms with van der Waals surface area (Å²) in [7, 11) is 0. The number of aliphatic hydroxyl groups excluding tert-OH is 1. The zero-order valence-corrected chi connectivity index (χ0v) is 8.26. The minimum Gasteiger partial charge on any atom is -0.467 e. The van der Waals surface area contributed by atoms with Crippen LogP contribution in [0.25, 0.3) is 0 Å². The standard InChI is InChI=1S/C12H13NO2/c14-11(12-7-4-8-15-12)9-13-10-5-2-1-3-6-10/h1-8,11,13-14H,9H2. The van der Waals surface area contributed by atoms with Gasteiger partial charge in [-0.05, 0) is 24.3 Å². The highest BCUT2D eigenvalue weighted by Gasteiger charge is 2.09. The third-order valence-electron chi connectivity index (χ3n) is 2.14. The average molecular weight is 203 g/mol. The van der Waals surface area contributed by atoms with E-state index in [4.69, 9.17) is 4.42 Å². The number of hydrogen-bond acceptors (Lipinski definition) is 3. The maximum Gasteiger partial charge on any atom is 0.134 e. The first-order valence-corrected chi connectivity index (χ1v) is 4.86. The number of aliphatic hydroxyl groups is 1. The Balaban J connectivity index is 1.89. The highest BCUT2D eigenvalue weighted by atomic mass is 16.4. The van der Waals surface area contributed by atoms with E-state index in [-0.39, 0.29) is 0 Å². The van der Waals surface area contributed by atoms with E-state index in [0.717, 1.165) is 5.69 Å². The first-order valence-electron chi connectivity index (χ1n) is 4.86. The fourth-order valence-electron chi connectivity index (χ4n) is 1.35. The van der Waals surface area contributed by atoms with E-state index in [1.165, 1.54) is 0 Å². The van der Waals surface area contributed by atoms with Crippen molar-refractivity contribution in [2.45, 2.75) is 6.10 Å². The van der Waals surface area contributed by atoms with Crippen LogP contribution in [0.5, 0.6) is 0 Å². The second kappa shape index (κ2) is 4.66. The van der Waals surface area contributed by atoms with E-state index < -0.39 is 6.10 Å². The molecule has 1 unspecified atom stereocenters. The Bertz CT molecular complexity index is 383. The minimum atomic E-state index is -0.611. The van der Waals surface area contributed by atoms with Gasteiger partial charge in [-0.15, -0.1) is 0 Å². The molecule has 1 aromatic carbocycles. The summed E-state index contributed by atoms with van der Waals surface area (Å²) in [6.45, 7) is 0.442. The van der Waals surface area contributed by atoms with Gasteiger partial charge in [-0.1, -0.05) is 18.2 Å². The predicted molar refractivity (Wildman–Crippen MR) is 58.6 cm³/mol. The maximum atomic E-state index is 9.71. The summed E-state index contributed by atoms with van der Waals surface area (Å²) in [6, 6.07) is 13.3. The van der Waals surface area contributed by atoms with Gasteiger partial charge in [-0.3, -0.25) is 0 Å². The van der Waals surface area contributed by atoms with Gasteiger partial charge in [0.1, 0.15) is 11.9 Å². The van der Waals surface area contributed by atoms with Crippen molar-refractivity contribution in [1.82, 2.24) is 0 Å². The van der Waals surface area contributed by atoms with Crippen LogP contribution in [-0.4, -0.2) is 11.7 Å². The molecule has 0 aliphatic carbocycles. The molecule has 78 valence electrons. The summed E-state index contributed by atoms with van der Waals surface area (Å²) in [5.74, 6) is 0.582. The lowest BCUT2D eigenvalue weighted by atomic mass is 10.2. The maximum absolute atomic E-state index is 9.71. The summed E-state index contributed by atoms with van der Waals surface area (Å²) >= 11 is 0. The van der Waals surface area contributed by atoms with Gasteiger partial charge < -0.3 is 14.8 Å². The Morgan fingerprint density at radius 1 is 1.13 bits per heavy atom. The lowest BCUT2D eigenvalue weighted by Gasteiger charge is -2.10. The van der Waals surface area contributed by atoms with E-state index in [1.54, 1.807) is 18.4 Å². The Labute approximate surface area is 88.4 Å². The first kappa shape index (κ1) is 9.80. The van der Waals surface area contributed by atoms with Gasteiger partial charge >= 0.3 is 0 Å². The molecule has 0 fully saturated rings. The van der Waals surface area contributed by atoms with Crippen molar-refractivity contribution in [2.24, 2.45) is 0 Å². The van der Waals surface area contributed by atoms with Crippen LogP contribution in [0.3, 0.4) is 0 Å². The number of hydrogen-bond donors (Lipinski definition) is 2. The van der Waals surface area contributed by atoms with Gasteiger partial charge in [0, 0.05) is 12.2 Å². The highest BCUT2D eigenvalue weighted by Crippen LogP contribution is 2.14. The van der Waals surface area contributed by atoms with Gasteiger partial charge in [0.2, 0.25) is 0 Å². The molecule has 3 heteroatoms. The molecule has 1 heterocycles. The zero-order valence-electron chi connectivity index (χ0n) is 8.26. The van der Waals surface area contributed by atoms with Crippen molar-refractivity contribution in [1.29, 1.82) is 0 Å². The lowest BCUT2D eigenvalue weighted by Crippen LogP contribution is -2.11. The Kier molecular flexibility index (Phi) is 3.05. The molecule has 1 aromatic heterocycles. The molecule has 0 saturated carbocycles. The lowest BCUT2D eigenvalue weighted by molar-refractivity contribution is 0.162. The molecular weight excluding hydrogens is 190 g/mol. The Morgan fingerprint density at radius 2 is 1.93 bits per heavy atom. The molecule has 1 atom stereocenters. The van der Waals surface area contributed by atoms with Crippen LogP contribution in [0.1, 0.15) is 11.9 Å².